The molecule has 0 fully saturated rings. The molecule has 0 spiro atoms. The van der Waals surface area contributed by atoms with Gasteiger partial charge in [-0.1, -0.05) is 18.2 Å². The molecule has 0 bridgehead atoms. The van der Waals surface area contributed by atoms with Crippen LogP contribution in [0.25, 0.3) is 0 Å². The molecule has 3 nitrogen and oxygen atoms in total. The molecule has 1 heterocycles. The average molecular weight is 304 g/mol. The van der Waals surface area contributed by atoms with Crippen molar-refractivity contribution in [3.63, 3.8) is 0 Å². The molecule has 2 aromatic rings. The highest BCUT2D eigenvalue weighted by atomic mass is 32.1. The number of hydrogen-bond donors (Lipinski definition) is 1. The smallest absolute Gasteiger partial charge is 0.119 e. The first-order valence-electron chi connectivity index (χ1n) is 7.37. The van der Waals surface area contributed by atoms with Gasteiger partial charge in [0.1, 0.15) is 12.4 Å². The van der Waals surface area contributed by atoms with E-state index in [4.69, 9.17) is 10.5 Å². The highest BCUT2D eigenvalue weighted by Crippen LogP contribution is 2.15. The van der Waals surface area contributed by atoms with Gasteiger partial charge in [0.25, 0.3) is 0 Å². The normalized spacial score (nSPS) is 11.3. The molecule has 1 aromatic carbocycles. The second-order valence-corrected chi connectivity index (χ2v) is 6.37. The van der Waals surface area contributed by atoms with Crippen molar-refractivity contribution in [2.75, 3.05) is 13.2 Å². The zero-order valence-electron chi connectivity index (χ0n) is 12.8. The van der Waals surface area contributed by atoms with Crippen LogP contribution in [-0.4, -0.2) is 24.1 Å². The SMILES string of the molecule is CC(C)N(CCOc1ccc(CN)cc1)Cc1cccs1. The van der Waals surface area contributed by atoms with Crippen LogP contribution in [0.15, 0.2) is 41.8 Å². The molecule has 0 unspecified atom stereocenters. The second-order valence-electron chi connectivity index (χ2n) is 5.34. The van der Waals surface area contributed by atoms with Crippen LogP contribution in [-0.2, 0) is 13.1 Å². The number of ether oxygens (including phenoxy) is 1. The van der Waals surface area contributed by atoms with Crippen molar-refractivity contribution < 1.29 is 4.74 Å². The van der Waals surface area contributed by atoms with E-state index in [0.29, 0.717) is 19.2 Å². The van der Waals surface area contributed by atoms with Crippen LogP contribution in [0.1, 0.15) is 24.3 Å². The summed E-state index contributed by atoms with van der Waals surface area (Å²) in [5.41, 5.74) is 6.72. The lowest BCUT2D eigenvalue weighted by molar-refractivity contribution is 0.170. The molecule has 1 aromatic heterocycles. The second kappa shape index (κ2) is 8.17. The molecule has 0 atom stereocenters. The Hall–Kier alpha value is -1.36. The van der Waals surface area contributed by atoms with E-state index in [-0.39, 0.29) is 0 Å². The first kappa shape index (κ1) is 16.0. The van der Waals surface area contributed by atoms with Gasteiger partial charge in [0.15, 0.2) is 0 Å². The lowest BCUT2D eigenvalue weighted by Gasteiger charge is -2.25. The minimum Gasteiger partial charge on any atom is -0.492 e. The van der Waals surface area contributed by atoms with Gasteiger partial charge in [0.2, 0.25) is 0 Å². The van der Waals surface area contributed by atoms with Crippen molar-refractivity contribution in [2.45, 2.75) is 33.0 Å². The summed E-state index contributed by atoms with van der Waals surface area (Å²) in [5.74, 6) is 0.909. The lowest BCUT2D eigenvalue weighted by atomic mass is 10.2. The predicted molar refractivity (Wildman–Crippen MR) is 89.7 cm³/mol. The van der Waals surface area contributed by atoms with Gasteiger partial charge in [-0.15, -0.1) is 11.3 Å². The van der Waals surface area contributed by atoms with Crippen molar-refractivity contribution in [3.05, 3.63) is 52.2 Å². The van der Waals surface area contributed by atoms with E-state index in [1.807, 2.05) is 35.6 Å². The quantitative estimate of drug-likeness (QED) is 0.811. The number of thiophene rings is 1. The Bertz CT molecular complexity index is 508. The Morgan fingerprint density at radius 2 is 1.95 bits per heavy atom. The van der Waals surface area contributed by atoms with Gasteiger partial charge in [-0.05, 0) is 43.0 Å². The molecule has 0 amide bonds. The van der Waals surface area contributed by atoms with Gasteiger partial charge in [-0.3, -0.25) is 4.90 Å². The molecular formula is C17H24N2OS. The third-order valence-corrected chi connectivity index (χ3v) is 4.34. The maximum Gasteiger partial charge on any atom is 0.119 e. The Kier molecular flexibility index (Phi) is 6.23. The third kappa shape index (κ3) is 5.16. The number of rotatable bonds is 8. The average Bonchev–Trinajstić information content (AvgIpc) is 3.00. The molecule has 0 saturated heterocycles. The molecule has 114 valence electrons. The molecule has 2 N–H and O–H groups in total. The van der Waals surface area contributed by atoms with E-state index in [9.17, 15) is 0 Å². The number of nitrogens with zero attached hydrogens (tertiary/aromatic N) is 1. The van der Waals surface area contributed by atoms with E-state index < -0.39 is 0 Å². The summed E-state index contributed by atoms with van der Waals surface area (Å²) >= 11 is 1.81. The molecule has 0 aliphatic rings. The van der Waals surface area contributed by atoms with Crippen LogP contribution in [0.2, 0.25) is 0 Å². The van der Waals surface area contributed by atoms with Crippen LogP contribution in [0.4, 0.5) is 0 Å². The van der Waals surface area contributed by atoms with Gasteiger partial charge >= 0.3 is 0 Å². The summed E-state index contributed by atoms with van der Waals surface area (Å²) in [6.07, 6.45) is 0. The fourth-order valence-corrected chi connectivity index (χ4v) is 2.85. The molecule has 0 aliphatic carbocycles. The molecule has 0 radical (unpaired) electrons. The fraction of sp³-hybridized carbons (Fsp3) is 0.412. The highest BCUT2D eigenvalue weighted by Gasteiger charge is 2.10. The van der Waals surface area contributed by atoms with Gasteiger partial charge < -0.3 is 10.5 Å². The van der Waals surface area contributed by atoms with Crippen LogP contribution in [0.5, 0.6) is 5.75 Å². The lowest BCUT2D eigenvalue weighted by Crippen LogP contribution is -2.33. The minimum absolute atomic E-state index is 0.510. The van der Waals surface area contributed by atoms with Crippen LogP contribution < -0.4 is 10.5 Å². The maximum absolute atomic E-state index is 5.83. The van der Waals surface area contributed by atoms with Crippen LogP contribution in [0.3, 0.4) is 0 Å². The van der Waals surface area contributed by atoms with Crippen LogP contribution in [0, 0.1) is 0 Å². The van der Waals surface area contributed by atoms with E-state index in [1.54, 1.807) is 0 Å². The van der Waals surface area contributed by atoms with Gasteiger partial charge in [0, 0.05) is 30.6 Å². The Balaban J connectivity index is 1.81. The third-order valence-electron chi connectivity index (χ3n) is 3.48. The van der Waals surface area contributed by atoms with E-state index >= 15 is 0 Å². The summed E-state index contributed by atoms with van der Waals surface area (Å²) in [7, 11) is 0. The largest absolute Gasteiger partial charge is 0.492 e. The van der Waals surface area contributed by atoms with Crippen molar-refractivity contribution in [1.29, 1.82) is 0 Å². The van der Waals surface area contributed by atoms with E-state index in [1.165, 1.54) is 4.88 Å². The zero-order valence-corrected chi connectivity index (χ0v) is 13.6. The fourth-order valence-electron chi connectivity index (χ4n) is 2.13. The standard InChI is InChI=1S/C17H24N2OS/c1-14(2)19(13-17-4-3-11-21-17)9-10-20-16-7-5-15(12-18)6-8-16/h3-8,11,14H,9-10,12-13,18H2,1-2H3. The molecule has 0 saturated carbocycles. The highest BCUT2D eigenvalue weighted by molar-refractivity contribution is 7.09. The topological polar surface area (TPSA) is 38.5 Å². The summed E-state index contributed by atoms with van der Waals surface area (Å²) in [4.78, 5) is 3.83. The Labute approximate surface area is 131 Å². The summed E-state index contributed by atoms with van der Waals surface area (Å²) in [6, 6.07) is 12.8. The number of hydrogen-bond acceptors (Lipinski definition) is 4. The molecule has 21 heavy (non-hydrogen) atoms. The maximum atomic E-state index is 5.83. The van der Waals surface area contributed by atoms with Gasteiger partial charge in [-0.25, -0.2) is 0 Å². The van der Waals surface area contributed by atoms with Crippen molar-refractivity contribution in [1.82, 2.24) is 4.90 Å². The molecular weight excluding hydrogens is 280 g/mol. The minimum atomic E-state index is 0.510. The van der Waals surface area contributed by atoms with Crippen molar-refractivity contribution in [2.24, 2.45) is 5.73 Å². The van der Waals surface area contributed by atoms with Crippen molar-refractivity contribution >= 4 is 11.3 Å². The summed E-state index contributed by atoms with van der Waals surface area (Å²) in [5, 5.41) is 2.13. The summed E-state index contributed by atoms with van der Waals surface area (Å²) in [6.45, 7) is 7.64. The molecule has 4 heteroatoms. The zero-order chi connectivity index (χ0) is 15.1. The van der Waals surface area contributed by atoms with E-state index in [2.05, 4.69) is 36.3 Å². The van der Waals surface area contributed by atoms with Gasteiger partial charge in [0.05, 0.1) is 0 Å². The number of benzene rings is 1. The predicted octanol–water partition coefficient (Wildman–Crippen LogP) is 3.50. The molecule has 2 rings (SSSR count). The van der Waals surface area contributed by atoms with Crippen molar-refractivity contribution in [3.8, 4) is 5.75 Å². The Morgan fingerprint density at radius 3 is 2.52 bits per heavy atom. The van der Waals surface area contributed by atoms with Crippen LogP contribution >= 0.6 is 11.3 Å². The van der Waals surface area contributed by atoms with Gasteiger partial charge in [-0.2, -0.15) is 0 Å². The first-order chi connectivity index (χ1) is 10.2. The monoisotopic (exact) mass is 304 g/mol. The summed E-state index contributed by atoms with van der Waals surface area (Å²) < 4.78 is 5.83. The molecule has 0 aliphatic heterocycles. The van der Waals surface area contributed by atoms with E-state index in [0.717, 1.165) is 24.4 Å². The Morgan fingerprint density at radius 1 is 1.19 bits per heavy atom. The number of nitrogens with two attached hydrogens (primary N) is 1. The first-order valence-corrected chi connectivity index (χ1v) is 8.25.